The van der Waals surface area contributed by atoms with Crippen LogP contribution >= 0.6 is 0 Å². The van der Waals surface area contributed by atoms with E-state index in [1.165, 1.54) is 0 Å². The van der Waals surface area contributed by atoms with Crippen LogP contribution in [0.15, 0.2) is 10.9 Å². The highest BCUT2D eigenvalue weighted by Gasteiger charge is 2.11. The molecule has 4 nitrogen and oxygen atoms in total. The molecule has 0 saturated heterocycles. The number of ether oxygens (including phenoxy) is 1. The van der Waals surface area contributed by atoms with Crippen LogP contribution in [0.3, 0.4) is 0 Å². The van der Waals surface area contributed by atoms with E-state index in [-0.39, 0.29) is 5.56 Å². The molecule has 1 N–H and O–H groups in total. The summed E-state index contributed by atoms with van der Waals surface area (Å²) in [6, 6.07) is 2.53. The molecule has 0 amide bonds. The normalized spacial score (nSPS) is 12.7. The summed E-state index contributed by atoms with van der Waals surface area (Å²) in [6.45, 7) is 10.3. The SMILES string of the molecule is CCC(C)NCc1c(C)cc(C)n(CCCOC)c1=O. The number of hydrogen-bond donors (Lipinski definition) is 1. The lowest BCUT2D eigenvalue weighted by atomic mass is 10.1. The molecule has 1 aromatic rings. The lowest BCUT2D eigenvalue weighted by Gasteiger charge is -2.16. The van der Waals surface area contributed by atoms with Crippen molar-refractivity contribution in [2.45, 2.75) is 59.7 Å². The predicted molar refractivity (Wildman–Crippen MR) is 83.3 cm³/mol. The number of nitrogens with one attached hydrogen (secondary N) is 1. The highest BCUT2D eigenvalue weighted by molar-refractivity contribution is 5.26. The van der Waals surface area contributed by atoms with Crippen molar-refractivity contribution in [3.63, 3.8) is 0 Å². The van der Waals surface area contributed by atoms with Gasteiger partial charge >= 0.3 is 0 Å². The zero-order chi connectivity index (χ0) is 15.1. The van der Waals surface area contributed by atoms with Crippen molar-refractivity contribution < 1.29 is 4.74 Å². The largest absolute Gasteiger partial charge is 0.385 e. The molecular weight excluding hydrogens is 252 g/mol. The van der Waals surface area contributed by atoms with E-state index in [0.717, 1.165) is 36.2 Å². The van der Waals surface area contributed by atoms with Gasteiger partial charge in [0.15, 0.2) is 0 Å². The van der Waals surface area contributed by atoms with E-state index >= 15 is 0 Å². The molecule has 0 aromatic carbocycles. The van der Waals surface area contributed by atoms with Gasteiger partial charge < -0.3 is 14.6 Å². The first-order chi connectivity index (χ1) is 9.51. The Hall–Kier alpha value is -1.13. The van der Waals surface area contributed by atoms with E-state index in [1.807, 2.05) is 18.4 Å². The van der Waals surface area contributed by atoms with E-state index in [1.54, 1.807) is 7.11 Å². The Balaban J connectivity index is 2.94. The molecule has 0 aliphatic rings. The van der Waals surface area contributed by atoms with Crippen LogP contribution in [0.5, 0.6) is 0 Å². The Morgan fingerprint density at radius 1 is 1.40 bits per heavy atom. The number of hydrogen-bond acceptors (Lipinski definition) is 3. The predicted octanol–water partition coefficient (Wildman–Crippen LogP) is 2.39. The molecule has 0 bridgehead atoms. The summed E-state index contributed by atoms with van der Waals surface area (Å²) in [6.07, 6.45) is 1.92. The molecule has 1 rings (SSSR count). The highest BCUT2D eigenvalue weighted by Crippen LogP contribution is 2.07. The molecule has 1 aromatic heterocycles. The van der Waals surface area contributed by atoms with Crippen molar-refractivity contribution in [2.24, 2.45) is 0 Å². The van der Waals surface area contributed by atoms with Gasteiger partial charge in [-0.25, -0.2) is 0 Å². The Morgan fingerprint density at radius 2 is 2.10 bits per heavy atom. The Morgan fingerprint density at radius 3 is 2.70 bits per heavy atom. The lowest BCUT2D eigenvalue weighted by Crippen LogP contribution is -2.33. The minimum atomic E-state index is 0.134. The average Bonchev–Trinajstić information content (AvgIpc) is 2.41. The third-order valence-corrected chi connectivity index (χ3v) is 3.80. The van der Waals surface area contributed by atoms with Crippen molar-refractivity contribution in [2.75, 3.05) is 13.7 Å². The minimum Gasteiger partial charge on any atom is -0.385 e. The van der Waals surface area contributed by atoms with Crippen LogP contribution in [-0.2, 0) is 17.8 Å². The van der Waals surface area contributed by atoms with Crippen LogP contribution < -0.4 is 10.9 Å². The van der Waals surface area contributed by atoms with Gasteiger partial charge in [-0.15, -0.1) is 0 Å². The smallest absolute Gasteiger partial charge is 0.255 e. The summed E-state index contributed by atoms with van der Waals surface area (Å²) >= 11 is 0. The molecule has 1 heterocycles. The van der Waals surface area contributed by atoms with Gasteiger partial charge in [0.2, 0.25) is 0 Å². The molecule has 0 spiro atoms. The van der Waals surface area contributed by atoms with Crippen LogP contribution in [0.1, 0.15) is 43.5 Å². The molecule has 0 aliphatic carbocycles. The second-order valence-corrected chi connectivity index (χ2v) is 5.44. The van der Waals surface area contributed by atoms with Gasteiger partial charge in [-0.3, -0.25) is 4.79 Å². The molecule has 1 atom stereocenters. The minimum absolute atomic E-state index is 0.134. The quantitative estimate of drug-likeness (QED) is 0.744. The maximum Gasteiger partial charge on any atom is 0.255 e. The fourth-order valence-corrected chi connectivity index (χ4v) is 2.25. The van der Waals surface area contributed by atoms with Gasteiger partial charge in [0.25, 0.3) is 5.56 Å². The first-order valence-corrected chi connectivity index (χ1v) is 7.43. The van der Waals surface area contributed by atoms with E-state index in [0.29, 0.717) is 19.2 Å². The molecule has 0 aliphatic heterocycles. The second kappa shape index (κ2) is 8.22. The average molecular weight is 280 g/mol. The Labute approximate surface area is 122 Å². The van der Waals surface area contributed by atoms with Gasteiger partial charge in [-0.2, -0.15) is 0 Å². The van der Waals surface area contributed by atoms with Crippen LogP contribution in [0.2, 0.25) is 0 Å². The summed E-state index contributed by atoms with van der Waals surface area (Å²) in [7, 11) is 1.69. The maximum absolute atomic E-state index is 12.6. The Kier molecular flexibility index (Phi) is 6.96. The lowest BCUT2D eigenvalue weighted by molar-refractivity contribution is 0.189. The van der Waals surface area contributed by atoms with Gasteiger partial charge in [0.05, 0.1) is 0 Å². The number of rotatable bonds is 8. The van der Waals surface area contributed by atoms with Gasteiger partial charge in [-0.1, -0.05) is 6.92 Å². The monoisotopic (exact) mass is 280 g/mol. The zero-order valence-corrected chi connectivity index (χ0v) is 13.5. The molecule has 4 heteroatoms. The zero-order valence-electron chi connectivity index (χ0n) is 13.5. The summed E-state index contributed by atoms with van der Waals surface area (Å²) < 4.78 is 6.92. The number of aryl methyl sites for hydroxylation is 2. The fourth-order valence-electron chi connectivity index (χ4n) is 2.25. The van der Waals surface area contributed by atoms with Crippen molar-refractivity contribution >= 4 is 0 Å². The number of pyridine rings is 1. The highest BCUT2D eigenvalue weighted by atomic mass is 16.5. The van der Waals surface area contributed by atoms with Gasteiger partial charge in [-0.05, 0) is 45.2 Å². The van der Waals surface area contributed by atoms with Crippen LogP contribution in [0.4, 0.5) is 0 Å². The van der Waals surface area contributed by atoms with E-state index < -0.39 is 0 Å². The van der Waals surface area contributed by atoms with Gasteiger partial charge in [0, 0.05) is 44.1 Å². The van der Waals surface area contributed by atoms with Gasteiger partial charge in [0.1, 0.15) is 0 Å². The Bertz CT molecular complexity index is 480. The van der Waals surface area contributed by atoms with E-state index in [4.69, 9.17) is 4.74 Å². The van der Waals surface area contributed by atoms with Crippen molar-refractivity contribution in [3.8, 4) is 0 Å². The first kappa shape index (κ1) is 16.9. The van der Waals surface area contributed by atoms with Crippen LogP contribution in [0.25, 0.3) is 0 Å². The third kappa shape index (κ3) is 4.46. The number of aromatic nitrogens is 1. The number of methoxy groups -OCH3 is 1. The molecule has 20 heavy (non-hydrogen) atoms. The molecule has 0 saturated carbocycles. The molecule has 0 radical (unpaired) electrons. The fraction of sp³-hybridized carbons (Fsp3) is 0.688. The second-order valence-electron chi connectivity index (χ2n) is 5.44. The first-order valence-electron chi connectivity index (χ1n) is 7.43. The van der Waals surface area contributed by atoms with E-state index in [9.17, 15) is 4.79 Å². The molecule has 114 valence electrons. The van der Waals surface area contributed by atoms with Crippen LogP contribution in [0, 0.1) is 13.8 Å². The summed E-state index contributed by atoms with van der Waals surface area (Å²) in [5, 5.41) is 3.41. The molecular formula is C16H28N2O2. The van der Waals surface area contributed by atoms with Crippen molar-refractivity contribution in [1.29, 1.82) is 0 Å². The maximum atomic E-state index is 12.6. The summed E-state index contributed by atoms with van der Waals surface area (Å²) in [5.41, 5.74) is 3.12. The molecule has 1 unspecified atom stereocenters. The third-order valence-electron chi connectivity index (χ3n) is 3.80. The summed E-state index contributed by atoms with van der Waals surface area (Å²) in [4.78, 5) is 12.6. The van der Waals surface area contributed by atoms with E-state index in [2.05, 4.69) is 25.2 Å². The van der Waals surface area contributed by atoms with Crippen molar-refractivity contribution in [3.05, 3.63) is 33.2 Å². The summed E-state index contributed by atoms with van der Waals surface area (Å²) in [5.74, 6) is 0. The van der Waals surface area contributed by atoms with Crippen LogP contribution in [-0.4, -0.2) is 24.3 Å². The topological polar surface area (TPSA) is 43.3 Å². The number of nitrogens with zero attached hydrogens (tertiary/aromatic N) is 1. The molecule has 0 fully saturated rings. The van der Waals surface area contributed by atoms with Crippen molar-refractivity contribution in [1.82, 2.24) is 9.88 Å². The standard InChI is InChI=1S/C16H28N2O2/c1-6-13(3)17-11-15-12(2)10-14(4)18(16(15)19)8-7-9-20-5/h10,13,17H,6-9,11H2,1-5H3.